The lowest BCUT2D eigenvalue weighted by Gasteiger charge is -2.33. The summed E-state index contributed by atoms with van der Waals surface area (Å²) >= 11 is 0. The van der Waals surface area contributed by atoms with Crippen LogP contribution in [0.15, 0.2) is 121 Å². The molecule has 0 aliphatic carbocycles. The topological polar surface area (TPSA) is 58.0 Å². The number of nitrogens with one attached hydrogen (secondary N) is 1. The molecule has 1 heterocycles. The van der Waals surface area contributed by atoms with Crippen LogP contribution >= 0.6 is 0 Å². The summed E-state index contributed by atoms with van der Waals surface area (Å²) in [5.41, 5.74) is 2.24. The summed E-state index contributed by atoms with van der Waals surface area (Å²) < 4.78 is 27.9. The molecule has 0 bridgehead atoms. The highest BCUT2D eigenvalue weighted by Crippen LogP contribution is 2.56. The molecule has 0 aromatic heterocycles. The first-order valence-electron chi connectivity index (χ1n) is 10.4. The van der Waals surface area contributed by atoms with Crippen molar-refractivity contribution < 1.29 is 8.42 Å². The average molecular weight is 436 g/mol. The van der Waals surface area contributed by atoms with Crippen molar-refractivity contribution in [1.82, 2.24) is 0 Å². The van der Waals surface area contributed by atoms with Crippen molar-refractivity contribution in [3.63, 3.8) is 0 Å². The highest BCUT2D eigenvalue weighted by Gasteiger charge is 2.57. The Labute approximate surface area is 188 Å². The predicted molar refractivity (Wildman–Crippen MR) is 130 cm³/mol. The highest BCUT2D eigenvalue weighted by molar-refractivity contribution is 8.15. The number of hydrogen-bond acceptors (Lipinski definition) is 3. The monoisotopic (exact) mass is 435 g/mol. The van der Waals surface area contributed by atoms with Gasteiger partial charge in [-0.1, -0.05) is 121 Å². The van der Waals surface area contributed by atoms with Crippen LogP contribution in [0.1, 0.15) is 22.3 Å². The van der Waals surface area contributed by atoms with Crippen LogP contribution in [0.3, 0.4) is 0 Å². The van der Waals surface area contributed by atoms with Gasteiger partial charge in [0.2, 0.25) is 9.84 Å². The molecule has 0 radical (unpaired) electrons. The molecule has 4 aromatic carbocycles. The van der Waals surface area contributed by atoms with Crippen LogP contribution in [0.2, 0.25) is 0 Å². The number of hydrogen-bond donors (Lipinski definition) is 1. The van der Waals surface area contributed by atoms with E-state index in [1.54, 1.807) is 12.1 Å². The van der Waals surface area contributed by atoms with Gasteiger partial charge >= 0.3 is 0 Å². The third-order valence-electron chi connectivity index (χ3n) is 5.99. The van der Waals surface area contributed by atoms with Gasteiger partial charge in [0.1, 0.15) is 10.5 Å². The van der Waals surface area contributed by atoms with Crippen LogP contribution in [0.25, 0.3) is 10.5 Å². The standard InChI is InChI=1S/C28H21NO2S/c29-27-28(23-17-9-3-10-18-23,24-19-11-4-12-20-24)25(21-13-5-1-6-14-21)26(32(27,30)31)22-15-7-2-8-16-22/h1-20,29H. The van der Waals surface area contributed by atoms with Crippen molar-refractivity contribution >= 4 is 25.4 Å². The fourth-order valence-electron chi connectivity index (χ4n) is 4.66. The fourth-order valence-corrected chi connectivity index (χ4v) is 6.59. The zero-order valence-electron chi connectivity index (χ0n) is 17.3. The van der Waals surface area contributed by atoms with Gasteiger partial charge < -0.3 is 0 Å². The van der Waals surface area contributed by atoms with Gasteiger partial charge in [-0.2, -0.15) is 0 Å². The van der Waals surface area contributed by atoms with Gasteiger partial charge in [-0.05, 0) is 22.3 Å². The summed E-state index contributed by atoms with van der Waals surface area (Å²) in [4.78, 5) is 0.196. The van der Waals surface area contributed by atoms with Gasteiger partial charge in [-0.25, -0.2) is 8.42 Å². The van der Waals surface area contributed by atoms with Gasteiger partial charge in [0.05, 0.1) is 4.91 Å². The van der Waals surface area contributed by atoms with Crippen LogP contribution in [-0.4, -0.2) is 13.5 Å². The van der Waals surface area contributed by atoms with Gasteiger partial charge in [0, 0.05) is 5.57 Å². The molecule has 0 fully saturated rings. The lowest BCUT2D eigenvalue weighted by Crippen LogP contribution is -2.37. The Bertz CT molecular complexity index is 1370. The molecule has 0 atom stereocenters. The van der Waals surface area contributed by atoms with Crippen LogP contribution in [0.4, 0.5) is 0 Å². The first-order valence-corrected chi connectivity index (χ1v) is 11.9. The quantitative estimate of drug-likeness (QED) is 0.431. The smallest absolute Gasteiger partial charge is 0.221 e. The van der Waals surface area contributed by atoms with Crippen molar-refractivity contribution in [3.05, 3.63) is 144 Å². The minimum absolute atomic E-state index is 0.196. The Morgan fingerprint density at radius 1 is 0.531 bits per heavy atom. The van der Waals surface area contributed by atoms with Crippen LogP contribution in [0, 0.1) is 5.41 Å². The van der Waals surface area contributed by atoms with Gasteiger partial charge in [0.25, 0.3) is 0 Å². The van der Waals surface area contributed by atoms with Gasteiger partial charge in [-0.3, -0.25) is 5.41 Å². The largest absolute Gasteiger partial charge is 0.292 e. The molecular weight excluding hydrogens is 414 g/mol. The normalized spacial score (nSPS) is 16.8. The fraction of sp³-hybridized carbons (Fsp3) is 0.0357. The van der Waals surface area contributed by atoms with Gasteiger partial charge in [-0.15, -0.1) is 0 Å². The third-order valence-corrected chi connectivity index (χ3v) is 7.81. The first-order chi connectivity index (χ1) is 15.6. The molecule has 0 amide bonds. The average Bonchev–Trinajstić information content (AvgIpc) is 3.04. The lowest BCUT2D eigenvalue weighted by atomic mass is 9.67. The highest BCUT2D eigenvalue weighted by atomic mass is 32.2. The van der Waals surface area contributed by atoms with Crippen molar-refractivity contribution in [2.45, 2.75) is 5.41 Å². The van der Waals surface area contributed by atoms with E-state index in [0.717, 1.165) is 16.7 Å². The summed E-state index contributed by atoms with van der Waals surface area (Å²) in [6.45, 7) is 0. The Morgan fingerprint density at radius 3 is 1.34 bits per heavy atom. The molecule has 1 N–H and O–H groups in total. The van der Waals surface area contributed by atoms with Crippen molar-refractivity contribution in [3.8, 4) is 0 Å². The van der Waals surface area contributed by atoms with Crippen LogP contribution in [-0.2, 0) is 15.3 Å². The van der Waals surface area contributed by atoms with E-state index < -0.39 is 15.3 Å². The maximum atomic E-state index is 14.0. The summed E-state index contributed by atoms with van der Waals surface area (Å²) in [6, 6.07) is 37.7. The Balaban J connectivity index is 2.02. The lowest BCUT2D eigenvalue weighted by molar-refractivity contribution is 0.615. The summed E-state index contributed by atoms with van der Waals surface area (Å²) in [6.07, 6.45) is 0. The minimum Gasteiger partial charge on any atom is -0.292 e. The van der Waals surface area contributed by atoms with E-state index in [0.29, 0.717) is 11.1 Å². The second-order valence-corrected chi connectivity index (χ2v) is 9.57. The van der Waals surface area contributed by atoms with E-state index in [1.165, 1.54) is 0 Å². The van der Waals surface area contributed by atoms with E-state index in [2.05, 4.69) is 0 Å². The second kappa shape index (κ2) is 7.74. The zero-order valence-corrected chi connectivity index (χ0v) is 18.1. The van der Waals surface area contributed by atoms with Gasteiger partial charge in [0.15, 0.2) is 0 Å². The summed E-state index contributed by atoms with van der Waals surface area (Å²) in [7, 11) is -4.06. The molecule has 3 nitrogen and oxygen atoms in total. The molecule has 0 saturated carbocycles. The number of rotatable bonds is 4. The van der Waals surface area contributed by atoms with E-state index in [1.807, 2.05) is 109 Å². The van der Waals surface area contributed by atoms with Crippen molar-refractivity contribution in [2.75, 3.05) is 0 Å². The summed E-state index contributed by atoms with van der Waals surface area (Å²) in [5, 5.41) is 8.84. The first kappa shape index (κ1) is 20.2. The predicted octanol–water partition coefficient (Wildman–Crippen LogP) is 5.95. The molecule has 4 heteroatoms. The van der Waals surface area contributed by atoms with E-state index >= 15 is 0 Å². The Hall–Kier alpha value is -3.76. The van der Waals surface area contributed by atoms with Crippen molar-refractivity contribution in [2.24, 2.45) is 0 Å². The SMILES string of the molecule is N=C1C(c2ccccc2)(c2ccccc2)C(c2ccccc2)=C(c2ccccc2)S1(=O)=O. The Kier molecular flexibility index (Phi) is 4.87. The molecule has 0 spiro atoms. The number of benzene rings is 4. The van der Waals surface area contributed by atoms with E-state index in [-0.39, 0.29) is 9.95 Å². The molecule has 0 saturated heterocycles. The maximum absolute atomic E-state index is 14.0. The molecule has 32 heavy (non-hydrogen) atoms. The molecule has 1 aliphatic rings. The number of allylic oxidation sites excluding steroid dienone is 1. The maximum Gasteiger partial charge on any atom is 0.221 e. The van der Waals surface area contributed by atoms with Crippen LogP contribution in [0.5, 0.6) is 0 Å². The Morgan fingerprint density at radius 2 is 0.906 bits per heavy atom. The third kappa shape index (κ3) is 2.88. The zero-order chi connectivity index (χ0) is 22.2. The molecular formula is C28H21NO2S. The number of sulfone groups is 1. The van der Waals surface area contributed by atoms with E-state index in [4.69, 9.17) is 5.41 Å². The second-order valence-electron chi connectivity index (χ2n) is 7.75. The molecule has 5 rings (SSSR count). The molecule has 156 valence electrons. The molecule has 4 aromatic rings. The molecule has 0 unspecified atom stereocenters. The van der Waals surface area contributed by atoms with Crippen LogP contribution < -0.4 is 0 Å². The molecule has 1 aliphatic heterocycles. The van der Waals surface area contributed by atoms with E-state index in [9.17, 15) is 8.42 Å². The minimum atomic E-state index is -4.06. The van der Waals surface area contributed by atoms with Crippen molar-refractivity contribution in [1.29, 1.82) is 5.41 Å². The summed E-state index contributed by atoms with van der Waals surface area (Å²) in [5.74, 6) is 0.